The molecule has 1 N–H and O–H groups in total. The molecule has 7 heteroatoms. The van der Waals surface area contributed by atoms with Gasteiger partial charge in [0.25, 0.3) is 0 Å². The van der Waals surface area contributed by atoms with Gasteiger partial charge in [0.05, 0.1) is 18.2 Å². The Morgan fingerprint density at radius 3 is 2.62 bits per heavy atom. The molecule has 0 saturated heterocycles. The first kappa shape index (κ1) is 15.9. The molecule has 0 aromatic carbocycles. The molecule has 0 aliphatic heterocycles. The summed E-state index contributed by atoms with van der Waals surface area (Å²) in [6.45, 7) is 0.714. The zero-order chi connectivity index (χ0) is 17.6. The largest absolute Gasteiger partial charge is 0.463 e. The van der Waals surface area contributed by atoms with E-state index in [2.05, 4.69) is 30.2 Å². The van der Waals surface area contributed by atoms with E-state index in [0.717, 1.165) is 12.0 Å². The second kappa shape index (κ2) is 7.52. The zero-order valence-electron chi connectivity index (χ0n) is 13.9. The summed E-state index contributed by atoms with van der Waals surface area (Å²) in [5.41, 5.74) is 3.35. The van der Waals surface area contributed by atoms with E-state index < -0.39 is 0 Å². The molecule has 0 aliphatic carbocycles. The monoisotopic (exact) mass is 344 g/mol. The molecule has 4 aromatic rings. The molecule has 0 saturated carbocycles. The van der Waals surface area contributed by atoms with Crippen molar-refractivity contribution in [3.63, 3.8) is 0 Å². The van der Waals surface area contributed by atoms with Crippen molar-refractivity contribution in [1.29, 1.82) is 0 Å². The lowest BCUT2D eigenvalue weighted by Crippen LogP contribution is -2.09. The highest BCUT2D eigenvalue weighted by Crippen LogP contribution is 2.29. The minimum absolute atomic E-state index is 0.540. The number of pyridine rings is 1. The predicted molar refractivity (Wildman–Crippen MR) is 97.2 cm³/mol. The van der Waals surface area contributed by atoms with Crippen molar-refractivity contribution in [2.24, 2.45) is 0 Å². The van der Waals surface area contributed by atoms with Crippen LogP contribution in [0.3, 0.4) is 0 Å². The van der Waals surface area contributed by atoms with E-state index in [1.54, 1.807) is 43.4 Å². The fourth-order valence-corrected chi connectivity index (χ4v) is 2.56. The lowest BCUT2D eigenvalue weighted by Gasteiger charge is -2.09. The summed E-state index contributed by atoms with van der Waals surface area (Å²) in [7, 11) is 0. The van der Waals surface area contributed by atoms with E-state index in [0.29, 0.717) is 29.6 Å². The van der Waals surface area contributed by atoms with Crippen LogP contribution in [-0.2, 0) is 6.42 Å². The Hall–Kier alpha value is -3.61. The number of furan rings is 1. The van der Waals surface area contributed by atoms with Crippen LogP contribution in [0, 0.1) is 0 Å². The van der Waals surface area contributed by atoms with E-state index in [4.69, 9.17) is 4.42 Å². The second-order valence-corrected chi connectivity index (χ2v) is 5.56. The highest BCUT2D eigenvalue weighted by molar-refractivity contribution is 5.76. The highest BCUT2D eigenvalue weighted by atomic mass is 16.3. The maximum atomic E-state index is 5.54. The van der Waals surface area contributed by atoms with Crippen molar-refractivity contribution in [2.75, 3.05) is 11.9 Å². The maximum Gasteiger partial charge on any atom is 0.223 e. The van der Waals surface area contributed by atoms with Crippen LogP contribution >= 0.6 is 0 Å². The molecule has 0 radical (unpaired) electrons. The van der Waals surface area contributed by atoms with Crippen molar-refractivity contribution in [2.45, 2.75) is 6.42 Å². The molecule has 0 spiro atoms. The van der Waals surface area contributed by atoms with Gasteiger partial charge < -0.3 is 9.73 Å². The summed E-state index contributed by atoms with van der Waals surface area (Å²) < 4.78 is 5.54. The van der Waals surface area contributed by atoms with Gasteiger partial charge in [-0.1, -0.05) is 0 Å². The normalized spacial score (nSPS) is 10.6. The molecule has 128 valence electrons. The molecule has 0 bridgehead atoms. The minimum Gasteiger partial charge on any atom is -0.463 e. The Morgan fingerprint density at radius 1 is 0.923 bits per heavy atom. The SMILES string of the molecule is c1coc(-c2nc(NCCc3ccncc3)ncc2-c2cnccn2)c1. The number of anilines is 1. The van der Waals surface area contributed by atoms with Crippen LogP contribution < -0.4 is 5.32 Å². The van der Waals surface area contributed by atoms with Crippen LogP contribution in [0.2, 0.25) is 0 Å². The first-order valence-electron chi connectivity index (χ1n) is 8.20. The lowest BCUT2D eigenvalue weighted by molar-refractivity contribution is 0.580. The number of hydrogen-bond acceptors (Lipinski definition) is 7. The number of hydrogen-bond donors (Lipinski definition) is 1. The molecule has 7 nitrogen and oxygen atoms in total. The molecule has 0 amide bonds. The summed E-state index contributed by atoms with van der Waals surface area (Å²) in [5, 5.41) is 3.25. The molecule has 4 rings (SSSR count). The molecule has 0 atom stereocenters. The van der Waals surface area contributed by atoms with Gasteiger partial charge in [-0.3, -0.25) is 15.0 Å². The molecule has 4 aromatic heterocycles. The lowest BCUT2D eigenvalue weighted by atomic mass is 10.1. The van der Waals surface area contributed by atoms with E-state index >= 15 is 0 Å². The quantitative estimate of drug-likeness (QED) is 0.574. The smallest absolute Gasteiger partial charge is 0.223 e. The molecular weight excluding hydrogens is 328 g/mol. The van der Waals surface area contributed by atoms with Gasteiger partial charge in [0, 0.05) is 43.1 Å². The standard InChI is InChI=1S/C19H16N6O/c1-2-17(26-11-1)18-15(16-13-21-9-10-22-16)12-24-19(25-18)23-8-5-14-3-6-20-7-4-14/h1-4,6-7,9-13H,5,8H2,(H,23,24,25). The van der Waals surface area contributed by atoms with Gasteiger partial charge in [0.15, 0.2) is 5.76 Å². The van der Waals surface area contributed by atoms with Crippen molar-refractivity contribution >= 4 is 5.95 Å². The highest BCUT2D eigenvalue weighted by Gasteiger charge is 2.14. The summed E-state index contributed by atoms with van der Waals surface area (Å²) in [5.74, 6) is 1.20. The van der Waals surface area contributed by atoms with Gasteiger partial charge in [0.2, 0.25) is 5.95 Å². The van der Waals surface area contributed by atoms with E-state index in [1.807, 2.05) is 24.3 Å². The predicted octanol–water partition coefficient (Wildman–Crippen LogP) is 3.24. The van der Waals surface area contributed by atoms with E-state index in [1.165, 1.54) is 5.56 Å². The molecule has 26 heavy (non-hydrogen) atoms. The molecule has 4 heterocycles. The fourth-order valence-electron chi connectivity index (χ4n) is 2.56. The third kappa shape index (κ3) is 3.56. The minimum atomic E-state index is 0.540. The third-order valence-electron chi connectivity index (χ3n) is 3.83. The fraction of sp³-hybridized carbons (Fsp3) is 0.105. The van der Waals surface area contributed by atoms with Gasteiger partial charge in [0.1, 0.15) is 5.69 Å². The zero-order valence-corrected chi connectivity index (χ0v) is 13.9. The molecular formula is C19H16N6O. The van der Waals surface area contributed by atoms with Gasteiger partial charge >= 0.3 is 0 Å². The number of nitrogens with zero attached hydrogens (tertiary/aromatic N) is 5. The van der Waals surface area contributed by atoms with E-state index in [-0.39, 0.29) is 0 Å². The third-order valence-corrected chi connectivity index (χ3v) is 3.83. The summed E-state index contributed by atoms with van der Waals surface area (Å²) in [4.78, 5) is 21.5. The van der Waals surface area contributed by atoms with Crippen molar-refractivity contribution < 1.29 is 4.42 Å². The Bertz CT molecular complexity index is 958. The van der Waals surface area contributed by atoms with Gasteiger partial charge in [-0.05, 0) is 36.2 Å². The van der Waals surface area contributed by atoms with Crippen molar-refractivity contribution in [3.8, 4) is 22.7 Å². The van der Waals surface area contributed by atoms with E-state index in [9.17, 15) is 0 Å². The van der Waals surface area contributed by atoms with Crippen LogP contribution in [-0.4, -0.2) is 31.5 Å². The Balaban J connectivity index is 1.58. The Kier molecular flexibility index (Phi) is 4.60. The Labute approximate surface area is 150 Å². The molecule has 0 unspecified atom stereocenters. The summed E-state index contributed by atoms with van der Waals surface area (Å²) in [6.07, 6.45) is 12.7. The van der Waals surface area contributed by atoms with Crippen molar-refractivity contribution in [3.05, 3.63) is 73.3 Å². The first-order chi connectivity index (χ1) is 12.9. The van der Waals surface area contributed by atoms with Crippen molar-refractivity contribution in [1.82, 2.24) is 24.9 Å². The molecule has 0 fully saturated rings. The van der Waals surface area contributed by atoms with Gasteiger partial charge in [-0.2, -0.15) is 0 Å². The van der Waals surface area contributed by atoms with Crippen LogP contribution in [0.25, 0.3) is 22.7 Å². The van der Waals surface area contributed by atoms with Crippen LogP contribution in [0.4, 0.5) is 5.95 Å². The average Bonchev–Trinajstić information content (AvgIpc) is 3.24. The molecule has 0 aliphatic rings. The first-order valence-corrected chi connectivity index (χ1v) is 8.20. The maximum absolute atomic E-state index is 5.54. The van der Waals surface area contributed by atoms with Gasteiger partial charge in [-0.15, -0.1) is 0 Å². The van der Waals surface area contributed by atoms with Crippen LogP contribution in [0.1, 0.15) is 5.56 Å². The van der Waals surface area contributed by atoms with Crippen LogP contribution in [0.5, 0.6) is 0 Å². The Morgan fingerprint density at radius 2 is 1.85 bits per heavy atom. The van der Waals surface area contributed by atoms with Gasteiger partial charge in [-0.25, -0.2) is 9.97 Å². The number of nitrogens with one attached hydrogen (secondary N) is 1. The number of aromatic nitrogens is 5. The summed E-state index contributed by atoms with van der Waals surface area (Å²) in [6, 6.07) is 7.68. The second-order valence-electron chi connectivity index (χ2n) is 5.56. The topological polar surface area (TPSA) is 89.6 Å². The van der Waals surface area contributed by atoms with Crippen LogP contribution in [0.15, 0.2) is 72.1 Å². The summed E-state index contributed by atoms with van der Waals surface area (Å²) >= 11 is 0. The average molecular weight is 344 g/mol. The number of rotatable bonds is 6.